The van der Waals surface area contributed by atoms with E-state index < -0.39 is 0 Å². The van der Waals surface area contributed by atoms with E-state index in [2.05, 4.69) is 17.5 Å². The quantitative estimate of drug-likeness (QED) is 0.629. The van der Waals surface area contributed by atoms with Gasteiger partial charge in [0, 0.05) is 13.1 Å². The van der Waals surface area contributed by atoms with Gasteiger partial charge in [0.05, 0.1) is 5.54 Å². The van der Waals surface area contributed by atoms with Gasteiger partial charge in [0.25, 0.3) is 0 Å². The normalized spacial score (nSPS) is 32.2. The number of amides is 1. The lowest BCUT2D eigenvalue weighted by molar-refractivity contribution is -0.136. The van der Waals surface area contributed by atoms with E-state index in [1.165, 1.54) is 0 Å². The van der Waals surface area contributed by atoms with Gasteiger partial charge in [-0.3, -0.25) is 4.79 Å². The molecular weight excluding hydrogens is 176 g/mol. The number of nitrogens with one attached hydrogen (secondary N) is 1. The Balaban J connectivity index is 2.03. The minimum Gasteiger partial charge on any atom is -0.337 e. The van der Waals surface area contributed by atoms with Gasteiger partial charge in [0.1, 0.15) is 0 Å². The molecule has 0 spiro atoms. The van der Waals surface area contributed by atoms with E-state index in [4.69, 9.17) is 0 Å². The first-order chi connectivity index (χ1) is 6.72. The summed E-state index contributed by atoms with van der Waals surface area (Å²) in [5.41, 5.74) is -0.287. The van der Waals surface area contributed by atoms with Crippen molar-refractivity contribution in [1.29, 1.82) is 0 Å². The second-order valence-electron chi connectivity index (χ2n) is 4.37. The molecule has 1 amide bonds. The number of carbonyl (C=O) groups is 1. The van der Waals surface area contributed by atoms with Gasteiger partial charge < -0.3 is 10.2 Å². The summed E-state index contributed by atoms with van der Waals surface area (Å²) < 4.78 is 0. The zero-order valence-corrected chi connectivity index (χ0v) is 8.75. The highest BCUT2D eigenvalue weighted by Crippen LogP contribution is 2.22. The molecule has 3 heteroatoms. The number of rotatable bonds is 1. The maximum absolute atomic E-state index is 12.2. The Labute approximate surface area is 85.2 Å². The molecule has 2 rings (SSSR count). The second kappa shape index (κ2) is 3.73. The maximum Gasteiger partial charge on any atom is 0.242 e. The number of nitrogens with zero attached hydrogens (tertiary/aromatic N) is 1. The van der Waals surface area contributed by atoms with Gasteiger partial charge in [0.2, 0.25) is 5.91 Å². The molecule has 78 valence electrons. The summed E-state index contributed by atoms with van der Waals surface area (Å²) in [6, 6.07) is 0. The molecule has 2 aliphatic heterocycles. The molecule has 2 aliphatic rings. The predicted molar refractivity (Wildman–Crippen MR) is 56.0 cm³/mol. The molecule has 0 aromatic heterocycles. The Bertz CT molecular complexity index is 254. The van der Waals surface area contributed by atoms with Gasteiger partial charge in [-0.05, 0) is 32.7 Å². The second-order valence-corrected chi connectivity index (χ2v) is 4.37. The van der Waals surface area contributed by atoms with Crippen LogP contribution in [0.25, 0.3) is 0 Å². The topological polar surface area (TPSA) is 32.3 Å². The first-order valence-corrected chi connectivity index (χ1v) is 5.42. The highest BCUT2D eigenvalue weighted by Gasteiger charge is 2.38. The van der Waals surface area contributed by atoms with Crippen molar-refractivity contribution in [2.75, 3.05) is 19.6 Å². The third-order valence-electron chi connectivity index (χ3n) is 3.19. The molecular formula is C11H18N2O. The van der Waals surface area contributed by atoms with Crippen molar-refractivity contribution < 1.29 is 4.79 Å². The fourth-order valence-electron chi connectivity index (χ4n) is 2.25. The summed E-state index contributed by atoms with van der Waals surface area (Å²) in [7, 11) is 0. The first-order valence-electron chi connectivity index (χ1n) is 5.42. The van der Waals surface area contributed by atoms with Crippen molar-refractivity contribution in [3.05, 3.63) is 12.2 Å². The smallest absolute Gasteiger partial charge is 0.242 e. The molecule has 14 heavy (non-hydrogen) atoms. The minimum absolute atomic E-state index is 0.277. The minimum atomic E-state index is -0.287. The van der Waals surface area contributed by atoms with E-state index in [9.17, 15) is 4.79 Å². The lowest BCUT2D eigenvalue weighted by Crippen LogP contribution is -2.53. The molecule has 3 nitrogen and oxygen atoms in total. The molecule has 1 N–H and O–H groups in total. The molecule has 0 saturated carbocycles. The molecule has 1 unspecified atom stereocenters. The highest BCUT2D eigenvalue weighted by molar-refractivity contribution is 5.86. The van der Waals surface area contributed by atoms with E-state index in [1.54, 1.807) is 0 Å². The van der Waals surface area contributed by atoms with Crippen LogP contribution in [0.5, 0.6) is 0 Å². The number of hydrogen-bond donors (Lipinski definition) is 1. The Hall–Kier alpha value is -0.830. The Morgan fingerprint density at radius 1 is 1.50 bits per heavy atom. The Morgan fingerprint density at radius 3 is 2.93 bits per heavy atom. The Morgan fingerprint density at radius 2 is 2.36 bits per heavy atom. The van der Waals surface area contributed by atoms with Crippen LogP contribution in [0.3, 0.4) is 0 Å². The zero-order valence-electron chi connectivity index (χ0n) is 8.75. The number of hydrogen-bond acceptors (Lipinski definition) is 2. The van der Waals surface area contributed by atoms with Gasteiger partial charge in [-0.15, -0.1) is 0 Å². The summed E-state index contributed by atoms with van der Waals surface area (Å²) >= 11 is 0. The maximum atomic E-state index is 12.2. The van der Waals surface area contributed by atoms with Crippen molar-refractivity contribution >= 4 is 5.91 Å². The summed E-state index contributed by atoms with van der Waals surface area (Å²) in [6.45, 7) is 4.68. The van der Waals surface area contributed by atoms with Crippen molar-refractivity contribution in [2.24, 2.45) is 0 Å². The van der Waals surface area contributed by atoms with Crippen molar-refractivity contribution in [3.8, 4) is 0 Å². The SMILES string of the molecule is CC1(C(=O)N2CC=CCC2)CCCN1. The lowest BCUT2D eigenvalue weighted by Gasteiger charge is -2.32. The largest absolute Gasteiger partial charge is 0.337 e. The van der Waals surface area contributed by atoms with Crippen LogP contribution in [-0.2, 0) is 4.79 Å². The third kappa shape index (κ3) is 1.69. The van der Waals surface area contributed by atoms with Crippen molar-refractivity contribution in [3.63, 3.8) is 0 Å². The van der Waals surface area contributed by atoms with Crippen LogP contribution in [-0.4, -0.2) is 36.0 Å². The van der Waals surface area contributed by atoms with Gasteiger partial charge >= 0.3 is 0 Å². The lowest BCUT2D eigenvalue weighted by atomic mass is 9.98. The standard InChI is InChI=1S/C11H18N2O/c1-11(6-5-7-12-11)10(14)13-8-3-2-4-9-13/h2-3,12H,4-9H2,1H3. The monoisotopic (exact) mass is 194 g/mol. The van der Waals surface area contributed by atoms with Gasteiger partial charge in [-0.1, -0.05) is 12.2 Å². The fraction of sp³-hybridized carbons (Fsp3) is 0.727. The van der Waals surface area contributed by atoms with Crippen LogP contribution in [0.15, 0.2) is 12.2 Å². The fourth-order valence-corrected chi connectivity index (χ4v) is 2.25. The average Bonchev–Trinajstić information content (AvgIpc) is 2.67. The molecule has 0 aromatic carbocycles. The van der Waals surface area contributed by atoms with Crippen LogP contribution in [0.1, 0.15) is 26.2 Å². The van der Waals surface area contributed by atoms with Crippen LogP contribution in [0.4, 0.5) is 0 Å². The third-order valence-corrected chi connectivity index (χ3v) is 3.19. The van der Waals surface area contributed by atoms with E-state index in [0.717, 1.165) is 38.9 Å². The van der Waals surface area contributed by atoms with Crippen molar-refractivity contribution in [1.82, 2.24) is 10.2 Å². The van der Waals surface area contributed by atoms with E-state index in [1.807, 2.05) is 11.8 Å². The van der Waals surface area contributed by atoms with Crippen molar-refractivity contribution in [2.45, 2.75) is 31.7 Å². The first kappa shape index (κ1) is 9.71. The molecule has 1 saturated heterocycles. The van der Waals surface area contributed by atoms with Crippen LogP contribution >= 0.6 is 0 Å². The molecule has 0 aliphatic carbocycles. The number of carbonyl (C=O) groups excluding carboxylic acids is 1. The Kier molecular flexibility index (Phi) is 2.59. The van der Waals surface area contributed by atoms with E-state index >= 15 is 0 Å². The van der Waals surface area contributed by atoms with E-state index in [-0.39, 0.29) is 11.4 Å². The molecule has 0 radical (unpaired) electrons. The van der Waals surface area contributed by atoms with Crippen LogP contribution in [0.2, 0.25) is 0 Å². The molecule has 2 heterocycles. The molecule has 0 aromatic rings. The summed E-state index contributed by atoms with van der Waals surface area (Å²) in [5, 5.41) is 3.31. The highest BCUT2D eigenvalue weighted by atomic mass is 16.2. The van der Waals surface area contributed by atoms with Gasteiger partial charge in [-0.2, -0.15) is 0 Å². The predicted octanol–water partition coefficient (Wildman–Crippen LogP) is 0.917. The van der Waals surface area contributed by atoms with Crippen LogP contribution < -0.4 is 5.32 Å². The summed E-state index contributed by atoms with van der Waals surface area (Å²) in [4.78, 5) is 14.1. The zero-order chi connectivity index (χ0) is 10.0. The molecule has 1 atom stereocenters. The summed E-state index contributed by atoms with van der Waals surface area (Å²) in [5.74, 6) is 0.277. The molecule has 0 bridgehead atoms. The summed E-state index contributed by atoms with van der Waals surface area (Å²) in [6.07, 6.45) is 7.33. The van der Waals surface area contributed by atoms with Crippen LogP contribution in [0, 0.1) is 0 Å². The van der Waals surface area contributed by atoms with E-state index in [0.29, 0.717) is 0 Å². The van der Waals surface area contributed by atoms with Gasteiger partial charge in [-0.25, -0.2) is 0 Å². The van der Waals surface area contributed by atoms with Gasteiger partial charge in [0.15, 0.2) is 0 Å². The average molecular weight is 194 g/mol. The molecule has 1 fully saturated rings.